The summed E-state index contributed by atoms with van der Waals surface area (Å²) in [6.07, 6.45) is 6.83. The summed E-state index contributed by atoms with van der Waals surface area (Å²) in [5.74, 6) is 0.499. The molecule has 0 aliphatic carbocycles. The Balaban J connectivity index is 1.78. The number of ether oxygens (including phenoxy) is 1. The van der Waals surface area contributed by atoms with Crippen LogP contribution in [0, 0.1) is 6.92 Å². The number of pyridine rings is 2. The second-order valence-electron chi connectivity index (χ2n) is 7.62. The van der Waals surface area contributed by atoms with Gasteiger partial charge in [0, 0.05) is 37.4 Å². The van der Waals surface area contributed by atoms with Crippen LogP contribution in [-0.2, 0) is 14.1 Å². The van der Waals surface area contributed by atoms with Gasteiger partial charge in [-0.2, -0.15) is 5.10 Å². The van der Waals surface area contributed by atoms with Crippen molar-refractivity contribution < 1.29 is 9.13 Å². The number of alkyl halides is 1. The maximum absolute atomic E-state index is 13.2. The number of aryl methyl sites for hydroxylation is 3. The average Bonchev–Trinajstić information content (AvgIpc) is 3.26. The third kappa shape index (κ3) is 3.13. The standard InChI is InChI=1S/C23H21FN6O2/c1-14-21(13-28(2)27-14)30-22-18-9-15(16-8-17(11-25-10-16)32-7-6-24)4-5-19(18)26-12-20(22)29(3)23(30)31/h4-5,8-13H,6-7H2,1-3H3. The molecule has 0 fully saturated rings. The maximum Gasteiger partial charge on any atom is 0.333 e. The minimum absolute atomic E-state index is 0.0197. The summed E-state index contributed by atoms with van der Waals surface area (Å²) in [5, 5.41) is 5.24. The van der Waals surface area contributed by atoms with Gasteiger partial charge < -0.3 is 4.74 Å². The highest BCUT2D eigenvalue weighted by molar-refractivity contribution is 6.04. The number of halogens is 1. The van der Waals surface area contributed by atoms with E-state index in [9.17, 15) is 9.18 Å². The highest BCUT2D eigenvalue weighted by Gasteiger charge is 2.19. The number of rotatable bonds is 5. The molecule has 0 saturated carbocycles. The zero-order valence-corrected chi connectivity index (χ0v) is 17.9. The second kappa shape index (κ2) is 7.60. The van der Waals surface area contributed by atoms with Crippen LogP contribution in [0.4, 0.5) is 4.39 Å². The Morgan fingerprint density at radius 2 is 1.94 bits per heavy atom. The van der Waals surface area contributed by atoms with Gasteiger partial charge >= 0.3 is 5.69 Å². The molecule has 9 heteroatoms. The van der Waals surface area contributed by atoms with E-state index < -0.39 is 6.67 Å². The topological polar surface area (TPSA) is 79.8 Å². The number of nitrogens with zero attached hydrogens (tertiary/aromatic N) is 6. The van der Waals surface area contributed by atoms with Crippen LogP contribution in [0.15, 0.2) is 53.8 Å². The number of hydrogen-bond acceptors (Lipinski definition) is 5. The van der Waals surface area contributed by atoms with Crippen LogP contribution in [0.25, 0.3) is 38.8 Å². The molecule has 162 valence electrons. The van der Waals surface area contributed by atoms with E-state index in [4.69, 9.17) is 4.74 Å². The molecule has 4 aromatic heterocycles. The zero-order chi connectivity index (χ0) is 22.4. The number of benzene rings is 1. The molecule has 0 atom stereocenters. The van der Waals surface area contributed by atoms with Crippen LogP contribution in [0.1, 0.15) is 5.69 Å². The van der Waals surface area contributed by atoms with E-state index in [2.05, 4.69) is 15.1 Å². The van der Waals surface area contributed by atoms with Gasteiger partial charge in [-0.05, 0) is 30.7 Å². The monoisotopic (exact) mass is 432 g/mol. The van der Waals surface area contributed by atoms with Gasteiger partial charge in [-0.3, -0.25) is 23.8 Å². The lowest BCUT2D eigenvalue weighted by molar-refractivity contribution is 0.272. The Morgan fingerprint density at radius 1 is 1.09 bits per heavy atom. The first kappa shape index (κ1) is 19.9. The maximum atomic E-state index is 13.2. The van der Waals surface area contributed by atoms with E-state index in [0.717, 1.165) is 44.4 Å². The van der Waals surface area contributed by atoms with E-state index in [1.807, 2.05) is 44.4 Å². The average molecular weight is 432 g/mol. The van der Waals surface area contributed by atoms with Crippen molar-refractivity contribution in [2.75, 3.05) is 13.3 Å². The first-order valence-corrected chi connectivity index (χ1v) is 10.1. The minimum Gasteiger partial charge on any atom is -0.489 e. The molecule has 0 amide bonds. The van der Waals surface area contributed by atoms with Gasteiger partial charge in [-0.25, -0.2) is 9.18 Å². The van der Waals surface area contributed by atoms with Crippen molar-refractivity contribution in [3.63, 3.8) is 0 Å². The van der Waals surface area contributed by atoms with E-state index in [0.29, 0.717) is 5.75 Å². The fourth-order valence-electron chi connectivity index (χ4n) is 4.02. The Bertz CT molecular complexity index is 1530. The van der Waals surface area contributed by atoms with Gasteiger partial charge in [0.25, 0.3) is 0 Å². The zero-order valence-electron chi connectivity index (χ0n) is 17.9. The van der Waals surface area contributed by atoms with Crippen molar-refractivity contribution in [1.29, 1.82) is 0 Å². The predicted molar refractivity (Wildman–Crippen MR) is 120 cm³/mol. The summed E-state index contributed by atoms with van der Waals surface area (Å²) >= 11 is 0. The molecular formula is C23H21FN6O2. The summed E-state index contributed by atoms with van der Waals surface area (Å²) in [5.41, 5.74) is 5.27. The highest BCUT2D eigenvalue weighted by atomic mass is 19.1. The quantitative estimate of drug-likeness (QED) is 0.426. The fourth-order valence-corrected chi connectivity index (χ4v) is 4.02. The molecule has 5 rings (SSSR count). The summed E-state index contributed by atoms with van der Waals surface area (Å²) in [6, 6.07) is 7.66. The van der Waals surface area contributed by atoms with Crippen molar-refractivity contribution in [2.45, 2.75) is 6.92 Å². The third-order valence-electron chi connectivity index (χ3n) is 5.50. The van der Waals surface area contributed by atoms with E-state index >= 15 is 0 Å². The Hall–Kier alpha value is -4.01. The molecule has 0 aliphatic rings. The molecule has 8 nitrogen and oxygen atoms in total. The summed E-state index contributed by atoms with van der Waals surface area (Å²) in [6.45, 7) is 1.29. The smallest absolute Gasteiger partial charge is 0.333 e. The Kier molecular flexibility index (Phi) is 4.73. The molecule has 0 spiro atoms. The second-order valence-corrected chi connectivity index (χ2v) is 7.62. The summed E-state index contributed by atoms with van der Waals surface area (Å²) < 4.78 is 22.8. The SMILES string of the molecule is Cc1nn(C)cc1-n1c(=O)n(C)c2cnc3ccc(-c4cncc(OCCF)c4)cc3c21. The van der Waals surface area contributed by atoms with E-state index in [1.165, 1.54) is 0 Å². The number of imidazole rings is 1. The number of fused-ring (bicyclic) bond motifs is 3. The van der Waals surface area contributed by atoms with Gasteiger partial charge in [0.1, 0.15) is 19.0 Å². The van der Waals surface area contributed by atoms with Gasteiger partial charge in [0.2, 0.25) is 0 Å². The predicted octanol–water partition coefficient (Wildman–Crippen LogP) is 3.33. The largest absolute Gasteiger partial charge is 0.489 e. The molecule has 5 aromatic rings. The normalized spacial score (nSPS) is 11.5. The molecule has 0 N–H and O–H groups in total. The lowest BCUT2D eigenvalue weighted by Gasteiger charge is -2.09. The number of hydrogen-bond donors (Lipinski definition) is 0. The van der Waals surface area contributed by atoms with Crippen molar-refractivity contribution in [3.8, 4) is 22.6 Å². The molecule has 0 unspecified atom stereocenters. The number of aromatic nitrogens is 6. The fraction of sp³-hybridized carbons (Fsp3) is 0.217. The van der Waals surface area contributed by atoms with Crippen LogP contribution in [-0.4, -0.2) is 42.2 Å². The lowest BCUT2D eigenvalue weighted by Crippen LogP contribution is -2.21. The molecule has 0 bridgehead atoms. The highest BCUT2D eigenvalue weighted by Crippen LogP contribution is 2.31. The van der Waals surface area contributed by atoms with Gasteiger partial charge in [0.05, 0.1) is 40.3 Å². The van der Waals surface area contributed by atoms with Crippen LogP contribution in [0.2, 0.25) is 0 Å². The van der Waals surface area contributed by atoms with Crippen LogP contribution >= 0.6 is 0 Å². The van der Waals surface area contributed by atoms with Crippen LogP contribution in [0.3, 0.4) is 0 Å². The van der Waals surface area contributed by atoms with Crippen molar-refractivity contribution in [1.82, 2.24) is 28.9 Å². The van der Waals surface area contributed by atoms with E-state index in [1.54, 1.807) is 39.5 Å². The van der Waals surface area contributed by atoms with Crippen molar-refractivity contribution >= 4 is 21.9 Å². The Labute approximate surface area is 182 Å². The molecule has 1 aromatic carbocycles. The molecule has 0 saturated heterocycles. The van der Waals surface area contributed by atoms with Crippen molar-refractivity contribution in [2.24, 2.45) is 14.1 Å². The molecular weight excluding hydrogens is 411 g/mol. The van der Waals surface area contributed by atoms with Crippen molar-refractivity contribution in [3.05, 3.63) is 65.2 Å². The summed E-state index contributed by atoms with van der Waals surface area (Å²) in [7, 11) is 3.56. The summed E-state index contributed by atoms with van der Waals surface area (Å²) in [4.78, 5) is 22.0. The first-order chi connectivity index (χ1) is 15.5. The van der Waals surface area contributed by atoms with Gasteiger partial charge in [0.15, 0.2) is 0 Å². The molecule has 4 heterocycles. The van der Waals surface area contributed by atoms with Gasteiger partial charge in [-0.15, -0.1) is 0 Å². The third-order valence-corrected chi connectivity index (χ3v) is 5.50. The first-order valence-electron chi connectivity index (χ1n) is 10.1. The van der Waals surface area contributed by atoms with Crippen LogP contribution in [0.5, 0.6) is 5.75 Å². The molecule has 0 radical (unpaired) electrons. The molecule has 32 heavy (non-hydrogen) atoms. The van der Waals surface area contributed by atoms with E-state index in [-0.39, 0.29) is 12.3 Å². The lowest BCUT2D eigenvalue weighted by atomic mass is 10.0. The minimum atomic E-state index is -0.566. The van der Waals surface area contributed by atoms with Crippen LogP contribution < -0.4 is 10.4 Å². The molecule has 0 aliphatic heterocycles. The van der Waals surface area contributed by atoms with Gasteiger partial charge in [-0.1, -0.05) is 6.07 Å². The Morgan fingerprint density at radius 3 is 2.69 bits per heavy atom.